The molecule has 0 aromatic heterocycles. The number of esters is 4. The van der Waals surface area contributed by atoms with Crippen LogP contribution in [0, 0.1) is 16.7 Å². The molecule has 1 aliphatic heterocycles. The molecule has 0 spiro atoms. The van der Waals surface area contributed by atoms with Crippen LogP contribution in [-0.2, 0) is 47.6 Å². The number of nitrogens with one attached hydrogen (secondary N) is 1. The molecule has 17 heteroatoms. The first-order valence-corrected chi connectivity index (χ1v) is 23.2. The van der Waals surface area contributed by atoms with Crippen LogP contribution in [0.5, 0.6) is 5.75 Å². The van der Waals surface area contributed by atoms with Crippen molar-refractivity contribution in [1.29, 1.82) is 0 Å². The first kappa shape index (κ1) is 50.2. The number of rotatable bonds is 12. The minimum Gasteiger partial charge on any atom is -0.455 e. The maximum atomic E-state index is 15.7. The number of aliphatic hydroxyl groups is 2. The van der Waals surface area contributed by atoms with E-state index >= 15 is 9.59 Å². The molecule has 8 rings (SSSR count). The highest BCUT2D eigenvalue weighted by Crippen LogP contribution is 2.64. The summed E-state index contributed by atoms with van der Waals surface area (Å²) in [7, 11) is 0. The molecule has 3 N–H and O–H groups in total. The fraction of sp³-hybridized carbons (Fsp3) is 0.389. The van der Waals surface area contributed by atoms with Gasteiger partial charge in [0.05, 0.1) is 29.6 Å². The number of benzene rings is 4. The van der Waals surface area contributed by atoms with Crippen LogP contribution in [0.1, 0.15) is 86.7 Å². The molecule has 2 saturated carbocycles. The molecular formula is C54H55NO16. The molecule has 1 amide bonds. The lowest BCUT2D eigenvalue weighted by atomic mass is 9.44. The van der Waals surface area contributed by atoms with E-state index in [4.69, 9.17) is 33.2 Å². The van der Waals surface area contributed by atoms with Gasteiger partial charge in [0.1, 0.15) is 35.7 Å². The number of hydrogen-bond acceptors (Lipinski definition) is 16. The summed E-state index contributed by atoms with van der Waals surface area (Å²) >= 11 is 0. The van der Waals surface area contributed by atoms with Crippen LogP contribution in [-0.4, -0.2) is 106 Å². The van der Waals surface area contributed by atoms with Gasteiger partial charge < -0.3 is 48.7 Å². The number of aliphatic hydroxyl groups excluding tert-OH is 1. The summed E-state index contributed by atoms with van der Waals surface area (Å²) < 4.78 is 42.1. The van der Waals surface area contributed by atoms with Gasteiger partial charge in [0.15, 0.2) is 17.5 Å². The third kappa shape index (κ3) is 9.09. The van der Waals surface area contributed by atoms with Crippen molar-refractivity contribution in [3.8, 4) is 5.75 Å². The Morgan fingerprint density at radius 3 is 1.90 bits per heavy atom. The summed E-state index contributed by atoms with van der Waals surface area (Å²) in [6.45, 7) is 7.84. The van der Waals surface area contributed by atoms with E-state index in [1.807, 2.05) is 0 Å². The highest BCUT2D eigenvalue weighted by molar-refractivity contribution is 5.96. The van der Waals surface area contributed by atoms with Crippen molar-refractivity contribution >= 4 is 41.7 Å². The lowest BCUT2D eigenvalue weighted by Gasteiger charge is -2.67. The molecule has 2 unspecified atom stereocenters. The van der Waals surface area contributed by atoms with E-state index in [1.165, 1.54) is 38.1 Å². The Bertz CT molecular complexity index is 2730. The van der Waals surface area contributed by atoms with Crippen molar-refractivity contribution in [2.24, 2.45) is 16.7 Å². The maximum absolute atomic E-state index is 15.7. The van der Waals surface area contributed by atoms with Crippen molar-refractivity contribution in [3.63, 3.8) is 0 Å². The summed E-state index contributed by atoms with van der Waals surface area (Å²) in [5.41, 5.74) is -7.54. The lowest BCUT2D eigenvalue weighted by Crippen LogP contribution is -2.82. The Morgan fingerprint density at radius 1 is 0.761 bits per heavy atom. The second-order valence-corrected chi connectivity index (χ2v) is 19.1. The number of ketones is 1. The van der Waals surface area contributed by atoms with Gasteiger partial charge in [-0.15, -0.1) is 0 Å². The van der Waals surface area contributed by atoms with Gasteiger partial charge in [-0.25, -0.2) is 14.4 Å². The second kappa shape index (κ2) is 19.5. The number of amides is 1. The van der Waals surface area contributed by atoms with Crippen LogP contribution < -0.4 is 10.1 Å². The fourth-order valence-electron chi connectivity index (χ4n) is 11.0. The van der Waals surface area contributed by atoms with Crippen LogP contribution in [0.15, 0.2) is 132 Å². The standard InChI is InChI=1S/C54H55NO16/c1-30-37(68-49(62)43(69-50(63)67-36-25-17-10-18-26-36)41(33-19-11-7-12-20-33)55-47(60)34-21-13-8-14-22-34)28-54(64)46(70-48(61)35-23-15-9-16-24-35)44-52(6,38(58)27-39-53(44,29-65-39)71-32(3)57)45(59)42(66-31(2)56)40(30)51(54,4)5/h7-26,37-39,41-44,46,58,64H,27-29H2,1-6H3,(H,55,60)/t37-,38-,39?,41-,42+,43+,44?,46-,52+,53-,54+/m0/s1. The molecule has 3 aliphatic carbocycles. The van der Waals surface area contributed by atoms with E-state index in [2.05, 4.69) is 5.32 Å². The van der Waals surface area contributed by atoms with Crippen LogP contribution in [0.2, 0.25) is 0 Å². The Hall–Kier alpha value is -7.21. The van der Waals surface area contributed by atoms with Crippen LogP contribution in [0.4, 0.5) is 4.79 Å². The number of Topliss-reactive ketones (excluding diaryl/α,β-unsaturated/α-hetero) is 1. The van der Waals surface area contributed by atoms with Crippen LogP contribution in [0.3, 0.4) is 0 Å². The summed E-state index contributed by atoms with van der Waals surface area (Å²) in [6, 6.07) is 30.4. The monoisotopic (exact) mass is 973 g/mol. The molecule has 11 atom stereocenters. The minimum absolute atomic E-state index is 0.0405. The average molecular weight is 974 g/mol. The zero-order valence-electron chi connectivity index (χ0n) is 39.9. The summed E-state index contributed by atoms with van der Waals surface area (Å²) in [5, 5.41) is 28.9. The van der Waals surface area contributed by atoms with Gasteiger partial charge in [-0.05, 0) is 67.0 Å². The van der Waals surface area contributed by atoms with Gasteiger partial charge in [-0.3, -0.25) is 19.2 Å². The average Bonchev–Trinajstić information content (AvgIpc) is 3.34. The highest BCUT2D eigenvalue weighted by atomic mass is 16.7. The van der Waals surface area contributed by atoms with Crippen molar-refractivity contribution in [3.05, 3.63) is 149 Å². The van der Waals surface area contributed by atoms with Gasteiger partial charge in [0.2, 0.25) is 6.10 Å². The molecule has 4 aromatic rings. The summed E-state index contributed by atoms with van der Waals surface area (Å²) in [5.74, 6) is -7.06. The first-order valence-electron chi connectivity index (χ1n) is 23.2. The fourth-order valence-corrected chi connectivity index (χ4v) is 11.0. The van der Waals surface area contributed by atoms with Gasteiger partial charge in [0, 0.05) is 37.7 Å². The molecule has 4 aliphatic rings. The highest BCUT2D eigenvalue weighted by Gasteiger charge is 2.78. The van der Waals surface area contributed by atoms with E-state index in [0.29, 0.717) is 5.56 Å². The van der Waals surface area contributed by atoms with Crippen LogP contribution in [0.25, 0.3) is 0 Å². The third-order valence-electron chi connectivity index (χ3n) is 14.6. The number of carbonyl (C=O) groups is 7. The van der Waals surface area contributed by atoms with Crippen LogP contribution >= 0.6 is 0 Å². The van der Waals surface area contributed by atoms with Crippen molar-refractivity contribution in [2.75, 3.05) is 6.61 Å². The Morgan fingerprint density at radius 2 is 1.34 bits per heavy atom. The molecule has 3 fully saturated rings. The van der Waals surface area contributed by atoms with Gasteiger partial charge in [-0.1, -0.05) is 98.8 Å². The van der Waals surface area contributed by atoms with Crippen molar-refractivity contribution in [1.82, 2.24) is 5.32 Å². The van der Waals surface area contributed by atoms with E-state index in [1.54, 1.807) is 111 Å². The predicted octanol–water partition coefficient (Wildman–Crippen LogP) is 5.96. The Balaban J connectivity index is 1.30. The van der Waals surface area contributed by atoms with E-state index in [9.17, 15) is 34.2 Å². The van der Waals surface area contributed by atoms with Crippen molar-refractivity contribution in [2.45, 2.75) is 108 Å². The number of para-hydroxylation sites is 1. The largest absolute Gasteiger partial charge is 0.514 e. The topological polar surface area (TPSA) is 237 Å². The second-order valence-electron chi connectivity index (χ2n) is 19.1. The molecule has 1 heterocycles. The van der Waals surface area contributed by atoms with Crippen molar-refractivity contribution < 1.29 is 76.9 Å². The first-order chi connectivity index (χ1) is 33.7. The van der Waals surface area contributed by atoms with E-state index in [-0.39, 0.29) is 41.1 Å². The number of fused-ring (bicyclic) bond motifs is 5. The Kier molecular flexibility index (Phi) is 13.8. The molecule has 4 aromatic carbocycles. The quantitative estimate of drug-likeness (QED) is 0.0643. The molecular weight excluding hydrogens is 919 g/mol. The molecule has 372 valence electrons. The Labute approximate surface area is 409 Å². The number of carbonyl (C=O) groups excluding carboxylic acids is 7. The SMILES string of the molecule is CC(=O)O[C@H]1C(=O)[C@@]2(C)C([C@H](OC(=O)c3ccccc3)[C@]3(O)C[C@H](OC(=O)[C@H](OC(=O)Oc4ccccc4)[C@@H](NC(=O)c4ccccc4)c4ccccc4)C(C)=C1C3(C)C)[C@]1(OC(C)=O)COC1C[C@@H]2O. The molecule has 2 bridgehead atoms. The summed E-state index contributed by atoms with van der Waals surface area (Å²) in [6.07, 6.45) is -12.3. The number of hydrogen-bond donors (Lipinski definition) is 3. The predicted molar refractivity (Wildman–Crippen MR) is 249 cm³/mol. The molecule has 1 saturated heterocycles. The van der Waals surface area contributed by atoms with Gasteiger partial charge >= 0.3 is 30.0 Å². The maximum Gasteiger partial charge on any atom is 0.514 e. The van der Waals surface area contributed by atoms with E-state index in [0.717, 1.165) is 13.8 Å². The summed E-state index contributed by atoms with van der Waals surface area (Å²) in [4.78, 5) is 99.4. The lowest BCUT2D eigenvalue weighted by molar-refractivity contribution is -0.346. The number of ether oxygens (including phenoxy) is 7. The zero-order chi connectivity index (χ0) is 51.0. The molecule has 0 radical (unpaired) electrons. The van der Waals surface area contributed by atoms with Gasteiger partial charge in [-0.2, -0.15) is 0 Å². The smallest absolute Gasteiger partial charge is 0.455 e. The zero-order valence-corrected chi connectivity index (χ0v) is 39.9. The molecule has 17 nitrogen and oxygen atoms in total. The molecule has 71 heavy (non-hydrogen) atoms. The third-order valence-corrected chi connectivity index (χ3v) is 14.6. The van der Waals surface area contributed by atoms with Gasteiger partial charge in [0.25, 0.3) is 5.91 Å². The van der Waals surface area contributed by atoms with E-state index < -0.39 is 119 Å². The normalized spacial score (nSPS) is 29.1. The minimum atomic E-state index is -2.48.